The van der Waals surface area contributed by atoms with Gasteiger partial charge in [0.2, 0.25) is 0 Å². The summed E-state index contributed by atoms with van der Waals surface area (Å²) < 4.78 is 15.5. The topological polar surface area (TPSA) is 73.9 Å². The number of carbonyl (C=O) groups excluding carboxylic acids is 2. The molecule has 1 amide bonds. The van der Waals surface area contributed by atoms with Crippen molar-refractivity contribution in [3.63, 3.8) is 0 Å². The van der Waals surface area contributed by atoms with E-state index in [2.05, 4.69) is 5.32 Å². The van der Waals surface area contributed by atoms with Gasteiger partial charge < -0.3 is 19.5 Å². The number of methoxy groups -OCH3 is 2. The Balaban J connectivity index is 1.82. The van der Waals surface area contributed by atoms with Crippen LogP contribution in [0.25, 0.3) is 0 Å². The fraction of sp³-hybridized carbons (Fsp3) is 0.300. The zero-order valence-corrected chi connectivity index (χ0v) is 15.2. The Kier molecular flexibility index (Phi) is 7.02. The van der Waals surface area contributed by atoms with Crippen molar-refractivity contribution in [1.82, 2.24) is 5.32 Å². The van der Waals surface area contributed by atoms with Crippen LogP contribution >= 0.6 is 0 Å². The van der Waals surface area contributed by atoms with E-state index >= 15 is 0 Å². The smallest absolute Gasteiger partial charge is 0.311 e. The molecular weight excluding hydrogens is 334 g/mol. The third kappa shape index (κ3) is 5.51. The van der Waals surface area contributed by atoms with E-state index in [9.17, 15) is 9.59 Å². The highest BCUT2D eigenvalue weighted by atomic mass is 16.5. The molecule has 0 aliphatic carbocycles. The average molecular weight is 357 g/mol. The lowest BCUT2D eigenvalue weighted by atomic mass is 10.1. The van der Waals surface area contributed by atoms with Crippen LogP contribution in [0.5, 0.6) is 11.5 Å². The van der Waals surface area contributed by atoms with Crippen molar-refractivity contribution in [1.29, 1.82) is 0 Å². The van der Waals surface area contributed by atoms with Crippen LogP contribution < -0.4 is 14.8 Å². The number of hydrogen-bond donors (Lipinski definition) is 1. The predicted molar refractivity (Wildman–Crippen MR) is 97.1 cm³/mol. The Morgan fingerprint density at radius 1 is 1.00 bits per heavy atom. The van der Waals surface area contributed by atoms with Gasteiger partial charge in [0.1, 0.15) is 11.5 Å². The molecular formula is C20H23NO5. The Labute approximate surface area is 153 Å². The van der Waals surface area contributed by atoms with Crippen molar-refractivity contribution in [3.8, 4) is 11.5 Å². The van der Waals surface area contributed by atoms with Crippen LogP contribution in [0.2, 0.25) is 0 Å². The molecule has 2 aromatic rings. The van der Waals surface area contributed by atoms with E-state index in [0.717, 1.165) is 11.3 Å². The molecule has 6 nitrogen and oxygen atoms in total. The lowest BCUT2D eigenvalue weighted by Gasteiger charge is -2.14. The number of amides is 1. The zero-order chi connectivity index (χ0) is 18.9. The van der Waals surface area contributed by atoms with Gasteiger partial charge in [-0.05, 0) is 30.7 Å². The molecule has 26 heavy (non-hydrogen) atoms. The molecule has 0 radical (unpaired) electrons. The summed E-state index contributed by atoms with van der Waals surface area (Å²) >= 11 is 0. The molecule has 0 aliphatic heterocycles. The van der Waals surface area contributed by atoms with Crippen LogP contribution in [0.4, 0.5) is 0 Å². The molecule has 1 atom stereocenters. The van der Waals surface area contributed by atoms with Crippen molar-refractivity contribution in [3.05, 3.63) is 59.7 Å². The first-order chi connectivity index (χ1) is 12.5. The molecule has 0 unspecified atom stereocenters. The van der Waals surface area contributed by atoms with Gasteiger partial charge in [0.05, 0.1) is 20.6 Å². The number of hydrogen-bond acceptors (Lipinski definition) is 5. The number of para-hydroxylation sites is 1. The van der Waals surface area contributed by atoms with E-state index in [-0.39, 0.29) is 12.3 Å². The summed E-state index contributed by atoms with van der Waals surface area (Å²) in [6.07, 6.45) is -0.837. The monoisotopic (exact) mass is 357 g/mol. The first-order valence-corrected chi connectivity index (χ1v) is 8.25. The van der Waals surface area contributed by atoms with Crippen LogP contribution in [-0.2, 0) is 27.3 Å². The quantitative estimate of drug-likeness (QED) is 0.735. The summed E-state index contributed by atoms with van der Waals surface area (Å²) in [7, 11) is 3.14. The highest BCUT2D eigenvalue weighted by Gasteiger charge is 2.18. The van der Waals surface area contributed by atoms with Gasteiger partial charge >= 0.3 is 5.97 Å². The van der Waals surface area contributed by atoms with Gasteiger partial charge in [0.15, 0.2) is 6.10 Å². The number of benzene rings is 2. The maximum atomic E-state index is 12.1. The summed E-state index contributed by atoms with van der Waals surface area (Å²) in [4.78, 5) is 24.2. The van der Waals surface area contributed by atoms with Crippen LogP contribution in [0.1, 0.15) is 18.1 Å². The minimum Gasteiger partial charge on any atom is -0.497 e. The van der Waals surface area contributed by atoms with Gasteiger partial charge in [0.25, 0.3) is 5.91 Å². The molecule has 6 heteroatoms. The van der Waals surface area contributed by atoms with E-state index in [4.69, 9.17) is 14.2 Å². The Hall–Kier alpha value is -3.02. The lowest BCUT2D eigenvalue weighted by Crippen LogP contribution is -2.35. The van der Waals surface area contributed by atoms with Crippen molar-refractivity contribution < 1.29 is 23.8 Å². The second-order valence-corrected chi connectivity index (χ2v) is 5.69. The van der Waals surface area contributed by atoms with Gasteiger partial charge in [-0.25, -0.2) is 0 Å². The Morgan fingerprint density at radius 2 is 1.69 bits per heavy atom. The first-order valence-electron chi connectivity index (χ1n) is 8.25. The molecule has 0 saturated heterocycles. The molecule has 0 spiro atoms. The van der Waals surface area contributed by atoms with Gasteiger partial charge in [0, 0.05) is 12.1 Å². The summed E-state index contributed by atoms with van der Waals surface area (Å²) in [5.41, 5.74) is 1.64. The molecule has 2 aromatic carbocycles. The van der Waals surface area contributed by atoms with Gasteiger partial charge in [-0.3, -0.25) is 9.59 Å². The van der Waals surface area contributed by atoms with Crippen LogP contribution in [-0.4, -0.2) is 32.2 Å². The van der Waals surface area contributed by atoms with E-state index in [0.29, 0.717) is 17.9 Å². The summed E-state index contributed by atoms with van der Waals surface area (Å²) in [5.74, 6) is 0.524. The molecule has 0 fully saturated rings. The van der Waals surface area contributed by atoms with E-state index < -0.39 is 12.1 Å². The van der Waals surface area contributed by atoms with Crippen LogP contribution in [0, 0.1) is 0 Å². The molecule has 0 heterocycles. The summed E-state index contributed by atoms with van der Waals surface area (Å²) in [6, 6.07) is 14.5. The van der Waals surface area contributed by atoms with Crippen molar-refractivity contribution >= 4 is 11.9 Å². The molecule has 0 aromatic heterocycles. The number of esters is 1. The molecule has 0 saturated carbocycles. The number of carbonyl (C=O) groups is 2. The molecule has 0 aliphatic rings. The first kappa shape index (κ1) is 19.3. The fourth-order valence-corrected chi connectivity index (χ4v) is 2.37. The molecule has 2 rings (SSSR count). The van der Waals surface area contributed by atoms with Crippen molar-refractivity contribution in [2.75, 3.05) is 14.2 Å². The number of ether oxygens (including phenoxy) is 3. The molecule has 1 N–H and O–H groups in total. The number of nitrogens with one attached hydrogen (secondary N) is 1. The largest absolute Gasteiger partial charge is 0.497 e. The third-order valence-corrected chi connectivity index (χ3v) is 3.83. The fourth-order valence-electron chi connectivity index (χ4n) is 2.37. The molecule has 138 valence electrons. The standard InChI is InChI=1S/C20H23NO5/c1-14(20(23)21-13-15-8-10-17(24-2)11-9-15)26-19(22)12-16-6-4-5-7-18(16)25-3/h4-11,14H,12-13H2,1-3H3,(H,21,23)/t14-/m0/s1. The minimum absolute atomic E-state index is 0.0418. The highest BCUT2D eigenvalue weighted by Crippen LogP contribution is 2.18. The maximum absolute atomic E-state index is 12.1. The predicted octanol–water partition coefficient (Wildman–Crippen LogP) is 2.49. The summed E-state index contributed by atoms with van der Waals surface area (Å²) in [6.45, 7) is 1.89. The van der Waals surface area contributed by atoms with Crippen molar-refractivity contribution in [2.45, 2.75) is 26.0 Å². The molecule has 0 bridgehead atoms. The second kappa shape index (κ2) is 9.46. The van der Waals surface area contributed by atoms with Crippen molar-refractivity contribution in [2.24, 2.45) is 0 Å². The minimum atomic E-state index is -0.879. The summed E-state index contributed by atoms with van der Waals surface area (Å²) in [5, 5.41) is 2.75. The second-order valence-electron chi connectivity index (χ2n) is 5.69. The normalized spacial score (nSPS) is 11.3. The lowest BCUT2D eigenvalue weighted by molar-refractivity contribution is -0.154. The Bertz CT molecular complexity index is 742. The maximum Gasteiger partial charge on any atom is 0.311 e. The van der Waals surface area contributed by atoms with Gasteiger partial charge in [-0.15, -0.1) is 0 Å². The van der Waals surface area contributed by atoms with Crippen LogP contribution in [0.3, 0.4) is 0 Å². The highest BCUT2D eigenvalue weighted by molar-refractivity contribution is 5.84. The zero-order valence-electron chi connectivity index (χ0n) is 15.2. The van der Waals surface area contributed by atoms with E-state index in [1.54, 1.807) is 33.3 Å². The van der Waals surface area contributed by atoms with Crippen LogP contribution in [0.15, 0.2) is 48.5 Å². The average Bonchev–Trinajstić information content (AvgIpc) is 2.66. The SMILES string of the molecule is COc1ccc(CNC(=O)[C@H](C)OC(=O)Cc2ccccc2OC)cc1. The van der Waals surface area contributed by atoms with Gasteiger partial charge in [-0.2, -0.15) is 0 Å². The third-order valence-electron chi connectivity index (χ3n) is 3.83. The number of rotatable bonds is 8. The van der Waals surface area contributed by atoms with E-state index in [1.165, 1.54) is 0 Å². The van der Waals surface area contributed by atoms with Gasteiger partial charge in [-0.1, -0.05) is 30.3 Å². The Morgan fingerprint density at radius 3 is 2.35 bits per heavy atom. The van der Waals surface area contributed by atoms with E-state index in [1.807, 2.05) is 36.4 Å².